The van der Waals surface area contributed by atoms with Crippen molar-refractivity contribution in [2.45, 2.75) is 18.4 Å². The first kappa shape index (κ1) is 11.8. The van der Waals surface area contributed by atoms with Gasteiger partial charge in [-0.2, -0.15) is 8.42 Å². The average molecular weight is 254 g/mol. The van der Waals surface area contributed by atoms with Crippen LogP contribution in [0.5, 0.6) is 0 Å². The van der Waals surface area contributed by atoms with Crippen molar-refractivity contribution >= 4 is 10.1 Å². The van der Waals surface area contributed by atoms with Crippen LogP contribution in [0.4, 0.5) is 0 Å². The Bertz CT molecular complexity index is 630. The molecule has 5 nitrogen and oxygen atoms in total. The van der Waals surface area contributed by atoms with E-state index in [1.165, 1.54) is 18.4 Å². The van der Waals surface area contributed by atoms with Crippen molar-refractivity contribution in [1.82, 2.24) is 0 Å². The fourth-order valence-corrected chi connectivity index (χ4v) is 2.14. The van der Waals surface area contributed by atoms with Gasteiger partial charge in [-0.15, -0.1) is 0 Å². The van der Waals surface area contributed by atoms with Crippen LogP contribution >= 0.6 is 0 Å². The smallest absolute Gasteiger partial charge is 0.282 e. The van der Waals surface area contributed by atoms with Crippen molar-refractivity contribution in [1.29, 1.82) is 0 Å². The maximum atomic E-state index is 11.0. The molecule has 1 N–H and O–H groups in total. The topological polar surface area (TPSA) is 71.4 Å². The summed E-state index contributed by atoms with van der Waals surface area (Å²) in [6.07, 6.45) is 1.53. The van der Waals surface area contributed by atoms with Crippen LogP contribution in [0.15, 0.2) is 46.0 Å². The molecule has 1 heterocycles. The highest BCUT2D eigenvalue weighted by molar-refractivity contribution is 7.85. The van der Waals surface area contributed by atoms with Gasteiger partial charge in [0.2, 0.25) is 0 Å². The van der Waals surface area contributed by atoms with Crippen LogP contribution in [-0.4, -0.2) is 13.0 Å². The first-order chi connectivity index (χ1) is 8.02. The highest BCUT2D eigenvalue weighted by Crippen LogP contribution is 2.19. The Kier molecular flexibility index (Phi) is 2.99. The Balaban J connectivity index is 2.55. The molecular formula is C11H12NO4S+. The van der Waals surface area contributed by atoms with Crippen molar-refractivity contribution in [3.05, 3.63) is 36.6 Å². The third kappa shape index (κ3) is 2.37. The number of aromatic nitrogens is 1. The molecule has 0 bridgehead atoms. The minimum absolute atomic E-state index is 0.126. The van der Waals surface area contributed by atoms with Crippen LogP contribution in [0, 0.1) is 0 Å². The van der Waals surface area contributed by atoms with E-state index in [4.69, 9.17) is 9.08 Å². The van der Waals surface area contributed by atoms with Gasteiger partial charge in [0.15, 0.2) is 12.8 Å². The first-order valence-corrected chi connectivity index (χ1v) is 6.52. The normalized spacial score (nSPS) is 11.6. The maximum absolute atomic E-state index is 11.0. The van der Waals surface area contributed by atoms with Gasteiger partial charge >= 0.3 is 0 Å². The van der Waals surface area contributed by atoms with E-state index in [1.54, 1.807) is 22.9 Å². The lowest BCUT2D eigenvalue weighted by molar-refractivity contribution is -0.852. The minimum atomic E-state index is -4.18. The molecule has 0 aliphatic heterocycles. The molecule has 2 aromatic rings. The molecule has 0 spiro atoms. The van der Waals surface area contributed by atoms with E-state index in [2.05, 4.69) is 0 Å². The predicted molar refractivity (Wildman–Crippen MR) is 59.8 cm³/mol. The summed E-state index contributed by atoms with van der Waals surface area (Å²) < 4.78 is 37.9. The van der Waals surface area contributed by atoms with Gasteiger partial charge in [-0.3, -0.25) is 4.55 Å². The summed E-state index contributed by atoms with van der Waals surface area (Å²) in [4.78, 5) is -0.126. The third-order valence-electron chi connectivity index (χ3n) is 2.40. The quantitative estimate of drug-likeness (QED) is 0.665. The average Bonchev–Trinajstić information content (AvgIpc) is 2.76. The highest BCUT2D eigenvalue weighted by atomic mass is 32.2. The van der Waals surface area contributed by atoms with Crippen LogP contribution in [0.25, 0.3) is 11.3 Å². The molecule has 17 heavy (non-hydrogen) atoms. The molecule has 0 fully saturated rings. The number of benzene rings is 1. The Labute approximate surface area is 99.0 Å². The Morgan fingerprint density at radius 3 is 2.76 bits per heavy atom. The molecule has 1 aromatic heterocycles. The predicted octanol–water partition coefficient (Wildman–Crippen LogP) is 1.50. The Morgan fingerprint density at radius 1 is 1.35 bits per heavy atom. The van der Waals surface area contributed by atoms with Crippen LogP contribution in [0.2, 0.25) is 0 Å². The molecule has 1 aromatic carbocycles. The molecule has 0 aliphatic carbocycles. The molecule has 0 saturated heterocycles. The van der Waals surface area contributed by atoms with Gasteiger partial charge in [-0.1, -0.05) is 6.07 Å². The van der Waals surface area contributed by atoms with E-state index in [0.717, 1.165) is 5.69 Å². The first-order valence-electron chi connectivity index (χ1n) is 5.08. The fraction of sp³-hybridized carbons (Fsp3) is 0.182. The van der Waals surface area contributed by atoms with Crippen molar-refractivity contribution < 1.29 is 22.2 Å². The van der Waals surface area contributed by atoms with E-state index in [0.29, 0.717) is 12.1 Å². The lowest BCUT2D eigenvalue weighted by Gasteiger charge is -1.98. The van der Waals surface area contributed by atoms with E-state index in [1.807, 2.05) is 6.92 Å². The molecule has 0 unspecified atom stereocenters. The highest BCUT2D eigenvalue weighted by Gasteiger charge is 2.18. The van der Waals surface area contributed by atoms with E-state index < -0.39 is 10.1 Å². The second-order valence-corrected chi connectivity index (χ2v) is 4.91. The summed E-state index contributed by atoms with van der Waals surface area (Å²) in [7, 11) is -4.18. The minimum Gasteiger partial charge on any atom is -0.282 e. The van der Waals surface area contributed by atoms with Crippen LogP contribution in [0.1, 0.15) is 6.92 Å². The summed E-state index contributed by atoms with van der Waals surface area (Å²) >= 11 is 0. The molecule has 0 atom stereocenters. The van der Waals surface area contributed by atoms with E-state index >= 15 is 0 Å². The van der Waals surface area contributed by atoms with Gasteiger partial charge < -0.3 is 0 Å². The van der Waals surface area contributed by atoms with Gasteiger partial charge in [0.1, 0.15) is 0 Å². The maximum Gasteiger partial charge on any atom is 0.294 e. The van der Waals surface area contributed by atoms with Gasteiger partial charge in [0.25, 0.3) is 15.8 Å². The third-order valence-corrected chi connectivity index (χ3v) is 3.25. The second-order valence-electron chi connectivity index (χ2n) is 3.49. The largest absolute Gasteiger partial charge is 0.294 e. The van der Waals surface area contributed by atoms with Crippen molar-refractivity contribution in [2.24, 2.45) is 0 Å². The van der Waals surface area contributed by atoms with Crippen molar-refractivity contribution in [3.8, 4) is 11.3 Å². The van der Waals surface area contributed by atoms with Crippen molar-refractivity contribution in [2.75, 3.05) is 0 Å². The van der Waals surface area contributed by atoms with Crippen LogP contribution in [-0.2, 0) is 16.7 Å². The summed E-state index contributed by atoms with van der Waals surface area (Å²) in [5.74, 6) is 0. The van der Waals surface area contributed by atoms with Gasteiger partial charge in [0, 0.05) is 0 Å². The molecule has 0 radical (unpaired) electrons. The molecule has 0 aliphatic rings. The van der Waals surface area contributed by atoms with Gasteiger partial charge in [-0.25, -0.2) is 4.52 Å². The number of nitrogens with zero attached hydrogens (tertiary/aromatic N) is 1. The molecule has 6 heteroatoms. The number of hydrogen-bond acceptors (Lipinski definition) is 3. The van der Waals surface area contributed by atoms with Crippen LogP contribution < -0.4 is 4.74 Å². The van der Waals surface area contributed by atoms with Gasteiger partial charge in [-0.05, 0) is 29.9 Å². The fourth-order valence-electron chi connectivity index (χ4n) is 1.61. The molecule has 0 saturated carbocycles. The molecular weight excluding hydrogens is 242 g/mol. The summed E-state index contributed by atoms with van der Waals surface area (Å²) in [6.45, 7) is 2.55. The standard InChI is InChI=1S/C11H11NO4S/c1-2-12-11(6-7-16-12)9-4-3-5-10(8-9)17(13,14)15/h3-8H,2H2,1H3/p+1. The van der Waals surface area contributed by atoms with Crippen LogP contribution in [0.3, 0.4) is 0 Å². The SMILES string of the molecule is CC[n+]1occc1-c1cccc(S(=O)(=O)O)c1. The summed E-state index contributed by atoms with van der Waals surface area (Å²) in [5.41, 5.74) is 1.44. The van der Waals surface area contributed by atoms with Crippen molar-refractivity contribution in [3.63, 3.8) is 0 Å². The van der Waals surface area contributed by atoms with E-state index in [9.17, 15) is 8.42 Å². The van der Waals surface area contributed by atoms with Gasteiger partial charge in [0.05, 0.1) is 16.5 Å². The molecule has 2 rings (SSSR count). The Hall–Kier alpha value is -1.66. The molecule has 90 valence electrons. The zero-order chi connectivity index (χ0) is 12.5. The van der Waals surface area contributed by atoms with E-state index in [-0.39, 0.29) is 4.90 Å². The zero-order valence-electron chi connectivity index (χ0n) is 9.20. The lowest BCUT2D eigenvalue weighted by atomic mass is 10.1. The number of hydrogen-bond donors (Lipinski definition) is 1. The summed E-state index contributed by atoms with van der Waals surface area (Å²) in [5, 5.41) is 0. The summed E-state index contributed by atoms with van der Waals surface area (Å²) in [6, 6.07) is 7.82. The number of rotatable bonds is 3. The lowest BCUT2D eigenvalue weighted by Crippen LogP contribution is -2.31. The monoisotopic (exact) mass is 254 g/mol. The second kappa shape index (κ2) is 4.31. The zero-order valence-corrected chi connectivity index (χ0v) is 10.0. The number of aryl methyl sites for hydroxylation is 1. The Morgan fingerprint density at radius 2 is 2.12 bits per heavy atom. The molecule has 0 amide bonds.